The van der Waals surface area contributed by atoms with Crippen molar-refractivity contribution in [2.24, 2.45) is 0 Å². The van der Waals surface area contributed by atoms with E-state index in [0.29, 0.717) is 47.6 Å². The number of fused-ring (bicyclic) bond motifs is 1. The summed E-state index contributed by atoms with van der Waals surface area (Å²) in [5, 5.41) is 5.28. The number of aromatic amines is 1. The van der Waals surface area contributed by atoms with Gasteiger partial charge in [-0.1, -0.05) is 12.1 Å². The highest BCUT2D eigenvalue weighted by molar-refractivity contribution is 6.03. The van der Waals surface area contributed by atoms with Crippen LogP contribution in [-0.2, 0) is 30.6 Å². The molecular weight excluding hydrogens is 497 g/mol. The van der Waals surface area contributed by atoms with E-state index in [9.17, 15) is 32.3 Å². The van der Waals surface area contributed by atoms with E-state index >= 15 is 0 Å². The second-order valence-electron chi connectivity index (χ2n) is 7.69. The molecule has 0 saturated heterocycles. The van der Waals surface area contributed by atoms with Crippen molar-refractivity contribution in [2.45, 2.75) is 12.6 Å². The summed E-state index contributed by atoms with van der Waals surface area (Å²) in [7, 11) is 0. The van der Waals surface area contributed by atoms with Crippen molar-refractivity contribution in [3.05, 3.63) is 72.1 Å². The molecule has 3 N–H and O–H groups in total. The Labute approximate surface area is 206 Å². The second kappa shape index (κ2) is 10.4. The molecule has 4 rings (SSSR count). The van der Waals surface area contributed by atoms with Crippen LogP contribution >= 0.6 is 0 Å². The molecule has 0 bridgehead atoms. The number of rotatable bonds is 5. The third-order valence-electron chi connectivity index (χ3n) is 5.10. The number of hydrogen-bond acceptors (Lipinski definition) is 7. The van der Waals surface area contributed by atoms with Gasteiger partial charge in [0.1, 0.15) is 0 Å². The molecule has 13 heteroatoms. The number of aromatic nitrogens is 2. The summed E-state index contributed by atoms with van der Waals surface area (Å²) in [6.07, 6.45) is -1.85. The van der Waals surface area contributed by atoms with Gasteiger partial charge in [0.25, 0.3) is 5.91 Å². The Bertz CT molecular complexity index is 1410. The normalized spacial score (nSPS) is 13.0. The number of H-pyrrole nitrogens is 1. The highest BCUT2D eigenvalue weighted by Crippen LogP contribution is 2.28. The summed E-state index contributed by atoms with van der Waals surface area (Å²) in [5.41, 5.74) is 4.58. The summed E-state index contributed by atoms with van der Waals surface area (Å²) in [4.78, 5) is 60.6. The summed E-state index contributed by atoms with van der Waals surface area (Å²) in [6, 6.07) is 12.0. The van der Waals surface area contributed by atoms with Crippen molar-refractivity contribution < 1.29 is 42.1 Å². The molecule has 0 atom stereocenters. The lowest BCUT2D eigenvalue weighted by Gasteiger charge is -2.11. The Hall–Kier alpha value is -4.94. The van der Waals surface area contributed by atoms with E-state index in [-0.39, 0.29) is 5.91 Å². The lowest BCUT2D eigenvalue weighted by atomic mass is 10.1. The standard InChI is InChI=1S/C24H17F3N4O6/c25-24(26,27)23(35)37-36-21(33)5-4-20(32)30-15-3-1-2-13(10-15)18-11-14(6-8-28-18)19-12-16-17(31-19)7-9-29-22(16)34/h1-6,8,10-12,31H,7,9H2,(H,29,34)(H,30,32)/b5-4-. The number of carbonyl (C=O) groups is 4. The summed E-state index contributed by atoms with van der Waals surface area (Å²) >= 11 is 0. The van der Waals surface area contributed by atoms with Gasteiger partial charge in [-0.3, -0.25) is 14.6 Å². The molecule has 3 aromatic rings. The van der Waals surface area contributed by atoms with Crippen LogP contribution in [0.4, 0.5) is 18.9 Å². The quantitative estimate of drug-likeness (QED) is 0.270. The van der Waals surface area contributed by atoms with Gasteiger partial charge in [0, 0.05) is 59.5 Å². The van der Waals surface area contributed by atoms with Crippen LogP contribution in [0.1, 0.15) is 16.1 Å². The van der Waals surface area contributed by atoms with Gasteiger partial charge >= 0.3 is 18.1 Å². The Morgan fingerprint density at radius 2 is 1.84 bits per heavy atom. The zero-order valence-corrected chi connectivity index (χ0v) is 18.7. The van der Waals surface area contributed by atoms with Gasteiger partial charge in [-0.2, -0.15) is 13.2 Å². The zero-order chi connectivity index (χ0) is 26.6. The number of alkyl halides is 3. The smallest absolute Gasteiger partial charge is 0.358 e. The van der Waals surface area contributed by atoms with Crippen molar-refractivity contribution in [3.8, 4) is 22.5 Å². The van der Waals surface area contributed by atoms with Crippen LogP contribution in [0.15, 0.2) is 60.8 Å². The fourth-order valence-corrected chi connectivity index (χ4v) is 3.44. The minimum atomic E-state index is -5.34. The molecule has 2 amide bonds. The Morgan fingerprint density at radius 3 is 2.59 bits per heavy atom. The predicted octanol–water partition coefficient (Wildman–Crippen LogP) is 3.09. The molecule has 0 spiro atoms. The van der Waals surface area contributed by atoms with E-state index in [4.69, 9.17) is 0 Å². The van der Waals surface area contributed by atoms with Crippen molar-refractivity contribution in [1.29, 1.82) is 0 Å². The first-order chi connectivity index (χ1) is 17.6. The lowest BCUT2D eigenvalue weighted by Crippen LogP contribution is -2.31. The second-order valence-corrected chi connectivity index (χ2v) is 7.69. The fraction of sp³-hybridized carbons (Fsp3) is 0.125. The maximum atomic E-state index is 12.1. The number of benzene rings is 1. The van der Waals surface area contributed by atoms with Gasteiger partial charge < -0.3 is 15.6 Å². The van der Waals surface area contributed by atoms with Gasteiger partial charge in [-0.05, 0) is 30.3 Å². The molecule has 0 saturated carbocycles. The molecular formula is C24H17F3N4O6. The van der Waals surface area contributed by atoms with E-state index < -0.39 is 24.0 Å². The molecule has 1 aliphatic heterocycles. The highest BCUT2D eigenvalue weighted by atomic mass is 19.4. The first kappa shape index (κ1) is 25.2. The van der Waals surface area contributed by atoms with Crippen molar-refractivity contribution in [2.75, 3.05) is 11.9 Å². The van der Waals surface area contributed by atoms with Gasteiger partial charge in [-0.15, -0.1) is 0 Å². The fourth-order valence-electron chi connectivity index (χ4n) is 3.44. The van der Waals surface area contributed by atoms with Crippen LogP contribution in [0.5, 0.6) is 0 Å². The van der Waals surface area contributed by atoms with E-state index in [2.05, 4.69) is 30.4 Å². The Kier molecular flexibility index (Phi) is 7.04. The third-order valence-corrected chi connectivity index (χ3v) is 5.10. The van der Waals surface area contributed by atoms with Gasteiger partial charge in [-0.25, -0.2) is 19.4 Å². The summed E-state index contributed by atoms with van der Waals surface area (Å²) in [6.45, 7) is 0.563. The number of anilines is 1. The number of halogens is 3. The van der Waals surface area contributed by atoms with Crippen LogP contribution in [0.25, 0.3) is 22.5 Å². The molecule has 190 valence electrons. The third kappa shape index (κ3) is 6.20. The van der Waals surface area contributed by atoms with Crippen LogP contribution < -0.4 is 10.6 Å². The molecule has 0 unspecified atom stereocenters. The predicted molar refractivity (Wildman–Crippen MR) is 122 cm³/mol. The number of nitrogens with zero attached hydrogens (tertiary/aromatic N) is 1. The zero-order valence-electron chi connectivity index (χ0n) is 18.7. The van der Waals surface area contributed by atoms with Gasteiger partial charge in [0.05, 0.1) is 11.3 Å². The molecule has 10 nitrogen and oxygen atoms in total. The average Bonchev–Trinajstić information content (AvgIpc) is 3.32. The Morgan fingerprint density at radius 1 is 1.03 bits per heavy atom. The molecule has 1 aromatic carbocycles. The van der Waals surface area contributed by atoms with E-state index in [1.165, 1.54) is 0 Å². The number of hydrogen-bond donors (Lipinski definition) is 3. The monoisotopic (exact) mass is 514 g/mol. The van der Waals surface area contributed by atoms with E-state index in [1.807, 2.05) is 6.07 Å². The van der Waals surface area contributed by atoms with Crippen LogP contribution in [-0.4, -0.2) is 46.4 Å². The minimum absolute atomic E-state index is 0.133. The first-order valence-corrected chi connectivity index (χ1v) is 10.7. The van der Waals surface area contributed by atoms with Crippen molar-refractivity contribution in [1.82, 2.24) is 15.3 Å². The van der Waals surface area contributed by atoms with Crippen LogP contribution in [0, 0.1) is 0 Å². The number of amides is 2. The maximum Gasteiger partial charge on any atom is 0.495 e. The largest absolute Gasteiger partial charge is 0.495 e. The highest BCUT2D eigenvalue weighted by Gasteiger charge is 2.43. The van der Waals surface area contributed by atoms with Crippen molar-refractivity contribution in [3.63, 3.8) is 0 Å². The maximum absolute atomic E-state index is 12.1. The van der Waals surface area contributed by atoms with E-state index in [1.54, 1.807) is 42.6 Å². The molecule has 1 aliphatic rings. The van der Waals surface area contributed by atoms with Crippen molar-refractivity contribution >= 4 is 29.4 Å². The van der Waals surface area contributed by atoms with Gasteiger partial charge in [0.15, 0.2) is 0 Å². The molecule has 0 aliphatic carbocycles. The minimum Gasteiger partial charge on any atom is -0.358 e. The molecule has 2 aromatic heterocycles. The van der Waals surface area contributed by atoms with E-state index in [0.717, 1.165) is 17.0 Å². The number of carbonyl (C=O) groups excluding carboxylic acids is 4. The number of pyridine rings is 1. The van der Waals surface area contributed by atoms with Crippen LogP contribution in [0.3, 0.4) is 0 Å². The lowest BCUT2D eigenvalue weighted by molar-refractivity contribution is -0.282. The molecule has 3 heterocycles. The average molecular weight is 514 g/mol. The SMILES string of the molecule is O=C(/C=C\C(=O)OOC(=O)C(F)(F)F)Nc1cccc(-c2cc(-c3cc4c([nH]3)CCNC4=O)ccn2)c1. The molecule has 0 radical (unpaired) electrons. The topological polar surface area (TPSA) is 139 Å². The summed E-state index contributed by atoms with van der Waals surface area (Å²) in [5.74, 6) is -5.14. The van der Waals surface area contributed by atoms with Crippen LogP contribution in [0.2, 0.25) is 0 Å². The van der Waals surface area contributed by atoms with Gasteiger partial charge in [0.2, 0.25) is 5.91 Å². The Balaban J connectivity index is 1.42. The molecule has 0 fully saturated rings. The first-order valence-electron chi connectivity index (χ1n) is 10.7. The number of nitrogens with one attached hydrogen (secondary N) is 3. The molecule has 37 heavy (non-hydrogen) atoms. The summed E-state index contributed by atoms with van der Waals surface area (Å²) < 4.78 is 36.0.